The first-order valence-corrected chi connectivity index (χ1v) is 8.97. The van der Waals surface area contributed by atoms with Crippen LogP contribution in [0.4, 0.5) is 0 Å². The van der Waals surface area contributed by atoms with Crippen LogP contribution in [0.2, 0.25) is 0 Å². The maximum atomic E-state index is 4.28. The molecule has 0 aromatic rings. The molecule has 2 unspecified atom stereocenters. The van der Waals surface area contributed by atoms with Gasteiger partial charge in [0.15, 0.2) is 5.96 Å². The Labute approximate surface area is 114 Å². The minimum atomic E-state index is 0.610. The van der Waals surface area contributed by atoms with Gasteiger partial charge in [0.2, 0.25) is 0 Å². The highest BCUT2D eigenvalue weighted by atomic mass is 32.2. The summed E-state index contributed by atoms with van der Waals surface area (Å²) in [6.45, 7) is 1.01. The summed E-state index contributed by atoms with van der Waals surface area (Å²) >= 11 is 3.89. The van der Waals surface area contributed by atoms with Crippen molar-refractivity contribution in [2.24, 2.45) is 4.99 Å². The van der Waals surface area contributed by atoms with E-state index in [9.17, 15) is 0 Å². The van der Waals surface area contributed by atoms with Crippen molar-refractivity contribution in [2.45, 2.75) is 37.0 Å². The van der Waals surface area contributed by atoms with E-state index in [2.05, 4.69) is 28.1 Å². The van der Waals surface area contributed by atoms with Gasteiger partial charge in [-0.15, -0.1) is 0 Å². The van der Waals surface area contributed by atoms with Gasteiger partial charge in [-0.05, 0) is 43.9 Å². The zero-order valence-corrected chi connectivity index (χ0v) is 12.8. The van der Waals surface area contributed by atoms with Crippen molar-refractivity contribution in [1.29, 1.82) is 0 Å². The molecule has 1 fully saturated rings. The summed E-state index contributed by atoms with van der Waals surface area (Å²) in [7, 11) is 1.85. The van der Waals surface area contributed by atoms with Gasteiger partial charge in [0.05, 0.1) is 0 Å². The van der Waals surface area contributed by atoms with Crippen LogP contribution in [0.3, 0.4) is 0 Å². The van der Waals surface area contributed by atoms with E-state index in [1.165, 1.54) is 31.4 Å². The van der Waals surface area contributed by atoms with Crippen LogP contribution in [0.5, 0.6) is 0 Å². The maximum Gasteiger partial charge on any atom is 0.191 e. The van der Waals surface area contributed by atoms with Crippen LogP contribution in [-0.2, 0) is 0 Å². The third kappa shape index (κ3) is 5.91. The number of nitrogens with zero attached hydrogens (tertiary/aromatic N) is 1. The van der Waals surface area contributed by atoms with Gasteiger partial charge in [0.1, 0.15) is 0 Å². The number of hydrogen-bond donors (Lipinski definition) is 2. The molecule has 17 heavy (non-hydrogen) atoms. The molecule has 0 heterocycles. The molecule has 0 aromatic heterocycles. The number of guanidine groups is 1. The first-order valence-electron chi connectivity index (χ1n) is 6.29. The van der Waals surface area contributed by atoms with Crippen LogP contribution < -0.4 is 10.6 Å². The van der Waals surface area contributed by atoms with Crippen molar-refractivity contribution in [3.63, 3.8) is 0 Å². The van der Waals surface area contributed by atoms with Crippen molar-refractivity contribution in [1.82, 2.24) is 10.6 Å². The predicted molar refractivity (Wildman–Crippen MR) is 82.4 cm³/mol. The van der Waals surface area contributed by atoms with Gasteiger partial charge in [-0.2, -0.15) is 23.5 Å². The van der Waals surface area contributed by atoms with E-state index >= 15 is 0 Å². The van der Waals surface area contributed by atoms with E-state index in [0.29, 0.717) is 6.04 Å². The highest BCUT2D eigenvalue weighted by molar-refractivity contribution is 7.99. The number of rotatable bonds is 6. The third-order valence-corrected chi connectivity index (χ3v) is 4.89. The summed E-state index contributed by atoms with van der Waals surface area (Å²) in [6.07, 6.45) is 9.43. The average molecular weight is 275 g/mol. The molecule has 1 aliphatic carbocycles. The van der Waals surface area contributed by atoms with Gasteiger partial charge in [0, 0.05) is 24.9 Å². The summed E-state index contributed by atoms with van der Waals surface area (Å²) in [5, 5.41) is 7.74. The number of nitrogens with one attached hydrogen (secondary N) is 2. The van der Waals surface area contributed by atoms with Crippen LogP contribution >= 0.6 is 23.5 Å². The molecular weight excluding hydrogens is 250 g/mol. The summed E-state index contributed by atoms with van der Waals surface area (Å²) in [5.74, 6) is 2.18. The Hall–Kier alpha value is -0.0300. The van der Waals surface area contributed by atoms with E-state index in [-0.39, 0.29) is 0 Å². The first-order chi connectivity index (χ1) is 8.30. The number of aliphatic imine (C=N–C) groups is 1. The zero-order chi connectivity index (χ0) is 12.5. The van der Waals surface area contributed by atoms with E-state index in [1.807, 2.05) is 30.6 Å². The molecule has 3 nitrogen and oxygen atoms in total. The van der Waals surface area contributed by atoms with E-state index in [4.69, 9.17) is 0 Å². The summed E-state index contributed by atoms with van der Waals surface area (Å²) < 4.78 is 0. The van der Waals surface area contributed by atoms with Crippen LogP contribution in [0.15, 0.2) is 4.99 Å². The average Bonchev–Trinajstić information content (AvgIpc) is 2.80. The molecule has 0 aromatic carbocycles. The van der Waals surface area contributed by atoms with Crippen molar-refractivity contribution in [3.8, 4) is 0 Å². The largest absolute Gasteiger partial charge is 0.356 e. The van der Waals surface area contributed by atoms with Crippen molar-refractivity contribution in [3.05, 3.63) is 0 Å². The van der Waals surface area contributed by atoms with E-state index < -0.39 is 0 Å². The second kappa shape index (κ2) is 8.97. The topological polar surface area (TPSA) is 36.4 Å². The van der Waals surface area contributed by atoms with Gasteiger partial charge in [-0.25, -0.2) is 0 Å². The minimum absolute atomic E-state index is 0.610. The summed E-state index contributed by atoms with van der Waals surface area (Å²) in [4.78, 5) is 4.28. The molecular formula is C12H25N3S2. The Morgan fingerprint density at radius 1 is 1.35 bits per heavy atom. The molecule has 2 atom stereocenters. The lowest BCUT2D eigenvalue weighted by Crippen LogP contribution is -2.42. The molecule has 0 spiro atoms. The second-order valence-electron chi connectivity index (χ2n) is 4.36. The van der Waals surface area contributed by atoms with Crippen LogP contribution in [0.25, 0.3) is 0 Å². The number of hydrogen-bond acceptors (Lipinski definition) is 3. The van der Waals surface area contributed by atoms with Gasteiger partial charge in [-0.1, -0.05) is 0 Å². The molecule has 2 N–H and O–H groups in total. The maximum absolute atomic E-state index is 4.28. The van der Waals surface area contributed by atoms with Crippen molar-refractivity contribution in [2.75, 3.05) is 31.9 Å². The first kappa shape index (κ1) is 15.0. The van der Waals surface area contributed by atoms with Gasteiger partial charge in [0.25, 0.3) is 0 Å². The molecule has 100 valence electrons. The Balaban J connectivity index is 2.19. The highest BCUT2D eigenvalue weighted by Crippen LogP contribution is 2.27. The fourth-order valence-corrected chi connectivity index (χ4v) is 3.33. The molecule has 0 aliphatic heterocycles. The van der Waals surface area contributed by atoms with Crippen LogP contribution in [0, 0.1) is 0 Å². The third-order valence-electron chi connectivity index (χ3n) is 3.10. The Morgan fingerprint density at radius 3 is 2.76 bits per heavy atom. The van der Waals surface area contributed by atoms with Crippen molar-refractivity contribution < 1.29 is 0 Å². The minimum Gasteiger partial charge on any atom is -0.356 e. The fraction of sp³-hybridized carbons (Fsp3) is 0.917. The molecule has 0 saturated heterocycles. The predicted octanol–water partition coefficient (Wildman–Crippen LogP) is 2.19. The Bertz CT molecular complexity index is 234. The SMILES string of the molecule is CN=C(NCCCSC)NC1CCC(SC)C1. The van der Waals surface area contributed by atoms with Crippen LogP contribution in [-0.4, -0.2) is 49.1 Å². The monoisotopic (exact) mass is 275 g/mol. The van der Waals surface area contributed by atoms with E-state index in [0.717, 1.165) is 17.8 Å². The lowest BCUT2D eigenvalue weighted by Gasteiger charge is -2.17. The lowest BCUT2D eigenvalue weighted by atomic mass is 10.2. The number of thioether (sulfide) groups is 2. The molecule has 0 amide bonds. The zero-order valence-electron chi connectivity index (χ0n) is 11.2. The molecule has 1 saturated carbocycles. The second-order valence-corrected chi connectivity index (χ2v) is 6.48. The van der Waals surface area contributed by atoms with Gasteiger partial charge in [-0.3, -0.25) is 4.99 Å². The smallest absolute Gasteiger partial charge is 0.191 e. The lowest BCUT2D eigenvalue weighted by molar-refractivity contribution is 0.614. The highest BCUT2D eigenvalue weighted by Gasteiger charge is 2.24. The molecule has 5 heteroatoms. The quantitative estimate of drug-likeness (QED) is 0.443. The van der Waals surface area contributed by atoms with E-state index in [1.54, 1.807) is 0 Å². The molecule has 1 rings (SSSR count). The van der Waals surface area contributed by atoms with Gasteiger partial charge >= 0.3 is 0 Å². The fourth-order valence-electron chi connectivity index (χ4n) is 2.10. The standard InChI is InChI=1S/C12H25N3S2/c1-13-12(14-7-4-8-16-2)15-10-5-6-11(9-10)17-3/h10-11H,4-9H2,1-3H3,(H2,13,14,15). The molecule has 0 radical (unpaired) electrons. The Kier molecular flexibility index (Phi) is 7.93. The summed E-state index contributed by atoms with van der Waals surface area (Å²) in [5.41, 5.74) is 0. The van der Waals surface area contributed by atoms with Gasteiger partial charge < -0.3 is 10.6 Å². The normalized spacial score (nSPS) is 25.0. The Morgan fingerprint density at radius 2 is 2.18 bits per heavy atom. The van der Waals surface area contributed by atoms with Crippen molar-refractivity contribution >= 4 is 29.5 Å². The van der Waals surface area contributed by atoms with Crippen LogP contribution in [0.1, 0.15) is 25.7 Å². The molecule has 0 bridgehead atoms. The molecule has 1 aliphatic rings. The summed E-state index contributed by atoms with van der Waals surface area (Å²) in [6, 6.07) is 0.610.